The lowest BCUT2D eigenvalue weighted by Crippen LogP contribution is -2.32. The average Bonchev–Trinajstić information content (AvgIpc) is 3.06. The van der Waals surface area contributed by atoms with Crippen molar-refractivity contribution in [2.24, 2.45) is 0 Å². The van der Waals surface area contributed by atoms with Gasteiger partial charge in [0.1, 0.15) is 5.60 Å². The number of anilines is 3. The molecule has 1 aliphatic rings. The van der Waals surface area contributed by atoms with Gasteiger partial charge in [0, 0.05) is 59.3 Å². The first-order chi connectivity index (χ1) is 14.7. The molecule has 1 aliphatic heterocycles. The minimum Gasteiger partial charge on any atom is -0.423 e. The lowest BCUT2D eigenvalue weighted by molar-refractivity contribution is 0.144. The first-order valence-electron chi connectivity index (χ1n) is 10.5. The lowest BCUT2D eigenvalue weighted by Gasteiger charge is -2.33. The maximum atomic E-state index is 10.9. The van der Waals surface area contributed by atoms with Gasteiger partial charge in [-0.15, -0.1) is 0 Å². The van der Waals surface area contributed by atoms with Crippen molar-refractivity contribution in [1.82, 2.24) is 0 Å². The van der Waals surface area contributed by atoms with Crippen molar-refractivity contribution in [2.75, 3.05) is 57.0 Å². The van der Waals surface area contributed by atoms with Gasteiger partial charge in [-0.05, 0) is 58.6 Å². The van der Waals surface area contributed by atoms with Gasteiger partial charge in [0.25, 0.3) is 0 Å². The molecule has 0 spiro atoms. The van der Waals surface area contributed by atoms with Gasteiger partial charge < -0.3 is 24.4 Å². The smallest absolute Gasteiger partial charge is 0.423 e. The third kappa shape index (κ3) is 3.56. The number of hydrogen-bond acceptors (Lipinski definition) is 5. The summed E-state index contributed by atoms with van der Waals surface area (Å²) in [6.07, 6.45) is 0. The maximum absolute atomic E-state index is 10.9. The third-order valence-corrected chi connectivity index (χ3v) is 6.07. The molecule has 0 bridgehead atoms. The van der Waals surface area contributed by atoms with Crippen molar-refractivity contribution in [3.05, 3.63) is 83.4 Å². The molecule has 0 saturated heterocycles. The fraction of sp³-hybridized carbons (Fsp3) is 0.280. The summed E-state index contributed by atoms with van der Waals surface area (Å²) in [5.74, 6) is 0. The number of nitrogens with zero attached hydrogens (tertiary/aromatic N) is 3. The third-order valence-electron chi connectivity index (χ3n) is 6.07. The quantitative estimate of drug-likeness (QED) is 0.649. The summed E-state index contributed by atoms with van der Waals surface area (Å²) in [6.45, 7) is 0. The van der Waals surface area contributed by atoms with Gasteiger partial charge in [-0.25, -0.2) is 0 Å². The Bertz CT molecular complexity index is 1010. The molecule has 160 valence electrons. The van der Waals surface area contributed by atoms with Crippen LogP contribution < -0.4 is 20.2 Å². The van der Waals surface area contributed by atoms with Gasteiger partial charge in [0.05, 0.1) is 0 Å². The number of hydrogen-bond donors (Lipinski definition) is 1. The molecule has 1 N–H and O–H groups in total. The molecule has 5 nitrogen and oxygen atoms in total. The molecule has 0 atom stereocenters. The van der Waals surface area contributed by atoms with Gasteiger partial charge in [0.2, 0.25) is 0 Å². The van der Waals surface area contributed by atoms with Gasteiger partial charge in [0.15, 0.2) is 0 Å². The van der Waals surface area contributed by atoms with Crippen LogP contribution in [0.2, 0.25) is 0 Å². The van der Waals surface area contributed by atoms with E-state index in [0.717, 1.165) is 39.2 Å². The minimum absolute atomic E-state index is 0.805. The second-order valence-electron chi connectivity index (χ2n) is 8.70. The predicted octanol–water partition coefficient (Wildman–Crippen LogP) is 2.89. The van der Waals surface area contributed by atoms with E-state index < -0.39 is 12.7 Å². The Morgan fingerprint density at radius 1 is 0.645 bits per heavy atom. The zero-order chi connectivity index (χ0) is 22.3. The second kappa shape index (κ2) is 7.95. The Hall–Kier alpha value is -2.96. The van der Waals surface area contributed by atoms with Crippen molar-refractivity contribution < 1.29 is 9.68 Å². The first kappa shape index (κ1) is 21.3. The zero-order valence-electron chi connectivity index (χ0n) is 19.1. The number of rotatable bonds is 5. The van der Waals surface area contributed by atoms with Crippen LogP contribution in [0.25, 0.3) is 0 Å². The van der Waals surface area contributed by atoms with Crippen molar-refractivity contribution in [2.45, 2.75) is 5.60 Å². The summed E-state index contributed by atoms with van der Waals surface area (Å²) in [6, 6.07) is 22.9. The van der Waals surface area contributed by atoms with Crippen molar-refractivity contribution >= 4 is 29.6 Å². The molecule has 0 aromatic heterocycles. The topological polar surface area (TPSA) is 39.2 Å². The molecule has 0 fully saturated rings. The molecule has 0 aliphatic carbocycles. The van der Waals surface area contributed by atoms with Crippen LogP contribution in [0.15, 0.2) is 66.7 Å². The molecule has 3 aromatic rings. The summed E-state index contributed by atoms with van der Waals surface area (Å²) in [7, 11) is 11.2. The lowest BCUT2D eigenvalue weighted by atomic mass is 9.75. The minimum atomic E-state index is -0.992. The highest BCUT2D eigenvalue weighted by Gasteiger charge is 2.49. The molecule has 0 saturated carbocycles. The van der Waals surface area contributed by atoms with E-state index >= 15 is 0 Å². The fourth-order valence-electron chi connectivity index (χ4n) is 4.24. The van der Waals surface area contributed by atoms with Crippen molar-refractivity contribution in [3.8, 4) is 0 Å². The molecule has 6 heteroatoms. The van der Waals surface area contributed by atoms with E-state index in [4.69, 9.17) is 4.65 Å². The van der Waals surface area contributed by atoms with E-state index in [1.165, 1.54) is 0 Å². The molecule has 0 amide bonds. The van der Waals surface area contributed by atoms with Crippen LogP contribution in [-0.4, -0.2) is 54.4 Å². The normalized spacial score (nSPS) is 14.4. The maximum Gasteiger partial charge on any atom is 0.492 e. The van der Waals surface area contributed by atoms with Gasteiger partial charge in [-0.3, -0.25) is 0 Å². The van der Waals surface area contributed by atoms with Gasteiger partial charge in [-0.2, -0.15) is 0 Å². The van der Waals surface area contributed by atoms with E-state index in [9.17, 15) is 5.02 Å². The molecule has 4 rings (SSSR count). The Balaban J connectivity index is 1.96. The highest BCUT2D eigenvalue weighted by Crippen LogP contribution is 2.45. The summed E-state index contributed by atoms with van der Waals surface area (Å²) in [5, 5.41) is 10.9. The van der Waals surface area contributed by atoms with E-state index in [1.54, 1.807) is 0 Å². The number of benzene rings is 3. The molecule has 31 heavy (non-hydrogen) atoms. The Kier molecular flexibility index (Phi) is 5.46. The summed E-state index contributed by atoms with van der Waals surface area (Å²) < 4.78 is 6.44. The van der Waals surface area contributed by atoms with Crippen LogP contribution in [0.3, 0.4) is 0 Å². The highest BCUT2D eigenvalue weighted by atomic mass is 16.5. The van der Waals surface area contributed by atoms with Crippen LogP contribution in [0.5, 0.6) is 0 Å². The average molecular weight is 415 g/mol. The molecular weight excluding hydrogens is 385 g/mol. The largest absolute Gasteiger partial charge is 0.492 e. The molecule has 3 aromatic carbocycles. The van der Waals surface area contributed by atoms with E-state index in [1.807, 2.05) is 54.4 Å². The molecular formula is C25H30BN3O2. The summed E-state index contributed by atoms with van der Waals surface area (Å²) >= 11 is 0. The first-order valence-corrected chi connectivity index (χ1v) is 10.5. The second-order valence-corrected chi connectivity index (χ2v) is 8.70. The van der Waals surface area contributed by atoms with Crippen molar-refractivity contribution in [3.63, 3.8) is 0 Å². The molecule has 0 radical (unpaired) electrons. The Labute approximate surface area is 185 Å². The van der Waals surface area contributed by atoms with Crippen LogP contribution in [0, 0.1) is 0 Å². The Morgan fingerprint density at radius 3 is 1.48 bits per heavy atom. The van der Waals surface area contributed by atoms with Gasteiger partial charge in [-0.1, -0.05) is 30.3 Å². The number of fused-ring (bicyclic) bond motifs is 1. The van der Waals surface area contributed by atoms with Crippen LogP contribution >= 0.6 is 0 Å². The highest BCUT2D eigenvalue weighted by molar-refractivity contribution is 6.62. The van der Waals surface area contributed by atoms with Crippen molar-refractivity contribution in [1.29, 1.82) is 0 Å². The van der Waals surface area contributed by atoms with Gasteiger partial charge >= 0.3 is 7.12 Å². The summed E-state index contributed by atoms with van der Waals surface area (Å²) in [5.41, 5.74) is 6.16. The van der Waals surface area contributed by atoms with Crippen LogP contribution in [0.1, 0.15) is 16.7 Å². The fourth-order valence-corrected chi connectivity index (χ4v) is 4.24. The van der Waals surface area contributed by atoms with Crippen LogP contribution in [0.4, 0.5) is 17.1 Å². The van der Waals surface area contributed by atoms with Crippen LogP contribution in [-0.2, 0) is 10.3 Å². The summed E-state index contributed by atoms with van der Waals surface area (Å²) in [4.78, 5) is 6.22. The van der Waals surface area contributed by atoms with E-state index in [-0.39, 0.29) is 0 Å². The van der Waals surface area contributed by atoms with E-state index in [0.29, 0.717) is 0 Å². The monoisotopic (exact) mass is 415 g/mol. The Morgan fingerprint density at radius 2 is 1.06 bits per heavy atom. The standard InChI is InChI=1S/C25H30BN3O2/c1-27(2)20-11-7-18(8-12-20)25(19-9-13-21(14-10-19)28(3)4)23-17-22(29(5)6)15-16-24(23)26(30)31-25/h7-17,30H,1-6H3. The van der Waals surface area contributed by atoms with E-state index in [2.05, 4.69) is 69.3 Å². The SMILES string of the molecule is CN(C)c1ccc(C2(c3ccc(N(C)C)cc3)OB(O)c3ccc(N(C)C)cc32)cc1. The molecule has 0 unspecified atom stereocenters. The zero-order valence-corrected chi connectivity index (χ0v) is 19.1. The molecule has 1 heterocycles. The predicted molar refractivity (Wildman–Crippen MR) is 131 cm³/mol.